The van der Waals surface area contributed by atoms with E-state index in [-0.39, 0.29) is 5.97 Å². The molecule has 0 atom stereocenters. The minimum absolute atomic E-state index is 0.124. The summed E-state index contributed by atoms with van der Waals surface area (Å²) in [5.41, 5.74) is 0.970. The number of hydrogen-bond acceptors (Lipinski definition) is 3. The van der Waals surface area contributed by atoms with Crippen LogP contribution in [-0.4, -0.2) is 19.7 Å². The second-order valence-electron chi connectivity index (χ2n) is 6.38. The molecule has 1 aliphatic rings. The zero-order chi connectivity index (χ0) is 15.8. The van der Waals surface area contributed by atoms with E-state index in [0.29, 0.717) is 18.9 Å². The molecule has 3 nitrogen and oxygen atoms in total. The summed E-state index contributed by atoms with van der Waals surface area (Å²) >= 11 is 0. The number of benzene rings is 1. The predicted octanol–water partition coefficient (Wildman–Crippen LogP) is 4.39. The Bertz CT molecular complexity index is 444. The van der Waals surface area contributed by atoms with Crippen molar-refractivity contribution in [2.24, 2.45) is 11.8 Å². The first-order chi connectivity index (χ1) is 10.7. The fourth-order valence-electron chi connectivity index (χ4n) is 3.27. The lowest BCUT2D eigenvalue weighted by molar-refractivity contribution is -0.144. The highest BCUT2D eigenvalue weighted by Gasteiger charge is 2.21. The van der Waals surface area contributed by atoms with E-state index in [0.717, 1.165) is 17.2 Å². The molecule has 0 radical (unpaired) electrons. The number of methoxy groups -OCH3 is 1. The van der Waals surface area contributed by atoms with Crippen molar-refractivity contribution >= 4 is 5.97 Å². The van der Waals surface area contributed by atoms with Crippen LogP contribution in [0.2, 0.25) is 0 Å². The van der Waals surface area contributed by atoms with E-state index in [1.165, 1.54) is 38.5 Å². The van der Waals surface area contributed by atoms with Crippen LogP contribution in [0.4, 0.5) is 0 Å². The predicted molar refractivity (Wildman–Crippen MR) is 88.0 cm³/mol. The fraction of sp³-hybridized carbons (Fsp3) is 0.632. The Balaban J connectivity index is 1.67. The molecule has 2 rings (SSSR count). The van der Waals surface area contributed by atoms with E-state index in [1.807, 2.05) is 24.3 Å². The van der Waals surface area contributed by atoms with Gasteiger partial charge in [-0.25, -0.2) is 0 Å². The van der Waals surface area contributed by atoms with Gasteiger partial charge >= 0.3 is 5.97 Å². The first-order valence-electron chi connectivity index (χ1n) is 8.49. The minimum atomic E-state index is -0.124. The van der Waals surface area contributed by atoms with Crippen LogP contribution < -0.4 is 4.74 Å². The molecule has 122 valence electrons. The lowest BCUT2D eigenvalue weighted by atomic mass is 9.80. The second-order valence-corrected chi connectivity index (χ2v) is 6.38. The van der Waals surface area contributed by atoms with Gasteiger partial charge < -0.3 is 9.47 Å². The largest absolute Gasteiger partial charge is 0.497 e. The van der Waals surface area contributed by atoms with Crippen molar-refractivity contribution < 1.29 is 14.3 Å². The molecule has 0 aliphatic heterocycles. The highest BCUT2D eigenvalue weighted by molar-refractivity contribution is 5.72. The van der Waals surface area contributed by atoms with Crippen LogP contribution in [0.1, 0.15) is 51.0 Å². The van der Waals surface area contributed by atoms with Crippen LogP contribution in [0, 0.1) is 11.8 Å². The quantitative estimate of drug-likeness (QED) is 0.701. The molecule has 0 unspecified atom stereocenters. The van der Waals surface area contributed by atoms with Gasteiger partial charge in [-0.1, -0.05) is 44.7 Å². The van der Waals surface area contributed by atoms with E-state index < -0.39 is 0 Å². The van der Waals surface area contributed by atoms with Crippen molar-refractivity contribution in [3.63, 3.8) is 0 Å². The third-order valence-corrected chi connectivity index (χ3v) is 4.65. The van der Waals surface area contributed by atoms with Gasteiger partial charge in [-0.2, -0.15) is 0 Å². The Labute approximate surface area is 134 Å². The summed E-state index contributed by atoms with van der Waals surface area (Å²) in [6.07, 6.45) is 8.00. The van der Waals surface area contributed by atoms with E-state index in [1.54, 1.807) is 7.11 Å². The SMILES string of the molecule is CCCC1CCC(COC(=O)Cc2ccc(OC)cc2)CC1. The molecule has 3 heteroatoms. The fourth-order valence-corrected chi connectivity index (χ4v) is 3.27. The Morgan fingerprint density at radius 3 is 2.32 bits per heavy atom. The van der Waals surface area contributed by atoms with Crippen LogP contribution in [0.25, 0.3) is 0 Å². The van der Waals surface area contributed by atoms with E-state index in [9.17, 15) is 4.79 Å². The highest BCUT2D eigenvalue weighted by atomic mass is 16.5. The summed E-state index contributed by atoms with van der Waals surface area (Å²) in [6.45, 7) is 2.85. The normalized spacial score (nSPS) is 21.4. The van der Waals surface area contributed by atoms with Gasteiger partial charge in [0.25, 0.3) is 0 Å². The average Bonchev–Trinajstić information content (AvgIpc) is 2.55. The first kappa shape index (κ1) is 16.9. The summed E-state index contributed by atoms with van der Waals surface area (Å²) in [6, 6.07) is 7.57. The molecular formula is C19H28O3. The maximum absolute atomic E-state index is 11.9. The molecule has 1 saturated carbocycles. The van der Waals surface area contributed by atoms with Crippen LogP contribution in [0.15, 0.2) is 24.3 Å². The summed E-state index contributed by atoms with van der Waals surface area (Å²) in [5, 5.41) is 0. The molecule has 1 aliphatic carbocycles. The van der Waals surface area contributed by atoms with Gasteiger partial charge in [-0.15, -0.1) is 0 Å². The first-order valence-corrected chi connectivity index (χ1v) is 8.49. The third kappa shape index (κ3) is 5.36. The van der Waals surface area contributed by atoms with Gasteiger partial charge in [0, 0.05) is 0 Å². The van der Waals surface area contributed by atoms with Gasteiger partial charge in [0.2, 0.25) is 0 Å². The van der Waals surface area contributed by atoms with Gasteiger partial charge in [-0.05, 0) is 42.4 Å². The lowest BCUT2D eigenvalue weighted by Gasteiger charge is -2.27. The van der Waals surface area contributed by atoms with Gasteiger partial charge in [0.1, 0.15) is 5.75 Å². The van der Waals surface area contributed by atoms with Gasteiger partial charge in [0.05, 0.1) is 20.1 Å². The maximum Gasteiger partial charge on any atom is 0.310 e. The minimum Gasteiger partial charge on any atom is -0.497 e. The van der Waals surface area contributed by atoms with Crippen LogP contribution in [0.5, 0.6) is 5.75 Å². The zero-order valence-corrected chi connectivity index (χ0v) is 13.8. The maximum atomic E-state index is 11.9. The Morgan fingerprint density at radius 1 is 1.09 bits per heavy atom. The number of carbonyl (C=O) groups is 1. The van der Waals surface area contributed by atoms with Crippen molar-refractivity contribution in [3.8, 4) is 5.75 Å². The number of rotatable bonds is 7. The summed E-state index contributed by atoms with van der Waals surface area (Å²) < 4.78 is 10.6. The molecule has 1 fully saturated rings. The third-order valence-electron chi connectivity index (χ3n) is 4.65. The van der Waals surface area contributed by atoms with E-state index in [2.05, 4.69) is 6.92 Å². The van der Waals surface area contributed by atoms with Crippen molar-refractivity contribution in [2.45, 2.75) is 51.9 Å². The number of carbonyl (C=O) groups excluding carboxylic acids is 1. The van der Waals surface area contributed by atoms with E-state index >= 15 is 0 Å². The molecule has 0 heterocycles. The standard InChI is InChI=1S/C19H28O3/c1-3-4-15-5-7-17(8-6-15)14-22-19(20)13-16-9-11-18(21-2)12-10-16/h9-12,15,17H,3-8,13-14H2,1-2H3. The molecule has 0 amide bonds. The summed E-state index contributed by atoms with van der Waals surface area (Å²) in [7, 11) is 1.64. The molecule has 0 spiro atoms. The number of esters is 1. The van der Waals surface area contributed by atoms with Gasteiger partial charge in [0.15, 0.2) is 0 Å². The van der Waals surface area contributed by atoms with Crippen LogP contribution in [0.3, 0.4) is 0 Å². The molecule has 1 aromatic rings. The van der Waals surface area contributed by atoms with E-state index in [4.69, 9.17) is 9.47 Å². The Kier molecular flexibility index (Phi) is 6.75. The van der Waals surface area contributed by atoms with Crippen molar-refractivity contribution in [1.29, 1.82) is 0 Å². The topological polar surface area (TPSA) is 35.5 Å². The molecule has 0 saturated heterocycles. The second kappa shape index (κ2) is 8.82. The molecule has 0 bridgehead atoms. The Morgan fingerprint density at radius 2 is 1.73 bits per heavy atom. The monoisotopic (exact) mass is 304 g/mol. The molecular weight excluding hydrogens is 276 g/mol. The lowest BCUT2D eigenvalue weighted by Crippen LogP contribution is -2.21. The van der Waals surface area contributed by atoms with Crippen LogP contribution >= 0.6 is 0 Å². The molecule has 1 aromatic carbocycles. The summed E-state index contributed by atoms with van der Waals surface area (Å²) in [5.74, 6) is 2.14. The van der Waals surface area contributed by atoms with Crippen LogP contribution in [-0.2, 0) is 16.0 Å². The highest BCUT2D eigenvalue weighted by Crippen LogP contribution is 2.31. The summed E-state index contributed by atoms with van der Waals surface area (Å²) in [4.78, 5) is 11.9. The van der Waals surface area contributed by atoms with Gasteiger partial charge in [-0.3, -0.25) is 4.79 Å². The van der Waals surface area contributed by atoms with Crippen molar-refractivity contribution in [3.05, 3.63) is 29.8 Å². The number of hydrogen-bond donors (Lipinski definition) is 0. The Hall–Kier alpha value is -1.51. The van der Waals surface area contributed by atoms with Crippen molar-refractivity contribution in [2.75, 3.05) is 13.7 Å². The molecule has 22 heavy (non-hydrogen) atoms. The smallest absolute Gasteiger partial charge is 0.310 e. The zero-order valence-electron chi connectivity index (χ0n) is 13.8. The number of ether oxygens (including phenoxy) is 2. The molecule has 0 aromatic heterocycles. The van der Waals surface area contributed by atoms with Crippen molar-refractivity contribution in [1.82, 2.24) is 0 Å². The molecule has 0 N–H and O–H groups in total. The average molecular weight is 304 g/mol.